The van der Waals surface area contributed by atoms with Gasteiger partial charge in [-0.3, -0.25) is 9.59 Å². The number of carbonyl (C=O) groups is 2. The zero-order chi connectivity index (χ0) is 27.1. The van der Waals surface area contributed by atoms with E-state index in [1.807, 2.05) is 44.2 Å². The van der Waals surface area contributed by atoms with Gasteiger partial charge in [0, 0.05) is 25.6 Å². The number of carboxylic acids is 1. The summed E-state index contributed by atoms with van der Waals surface area (Å²) in [5.41, 5.74) is 2.88. The maximum Gasteiger partial charge on any atom is 1.00 e. The molecule has 3 aromatic rings. The summed E-state index contributed by atoms with van der Waals surface area (Å²) >= 11 is 0. The van der Waals surface area contributed by atoms with Gasteiger partial charge in [-0.15, -0.1) is 0 Å². The van der Waals surface area contributed by atoms with Gasteiger partial charge in [0.25, 0.3) is 5.91 Å². The molecule has 0 saturated heterocycles. The molecule has 0 saturated carbocycles. The van der Waals surface area contributed by atoms with Crippen LogP contribution in [0.2, 0.25) is 0 Å². The summed E-state index contributed by atoms with van der Waals surface area (Å²) in [6, 6.07) is 15.2. The summed E-state index contributed by atoms with van der Waals surface area (Å²) in [7, 11) is 1.69. The van der Waals surface area contributed by atoms with Crippen LogP contribution in [0.5, 0.6) is 0 Å². The Bertz CT molecular complexity index is 1250. The summed E-state index contributed by atoms with van der Waals surface area (Å²) in [5.74, 6) is -2.00. The van der Waals surface area contributed by atoms with Crippen LogP contribution in [0.1, 0.15) is 61.3 Å². The first-order chi connectivity index (χ1) is 17.6. The van der Waals surface area contributed by atoms with Crippen LogP contribution >= 0.6 is 0 Å². The Balaban J connectivity index is 0.00000380. The largest absolute Gasteiger partial charge is 1.00 e. The first-order valence-electron chi connectivity index (χ1n) is 12.0. The number of carbonyl (C=O) groups excluding carboxylic acids is 1. The van der Waals surface area contributed by atoms with Crippen LogP contribution in [0.4, 0.5) is 4.39 Å². The Hall–Kier alpha value is -2.82. The van der Waals surface area contributed by atoms with Gasteiger partial charge < -0.3 is 21.6 Å². The summed E-state index contributed by atoms with van der Waals surface area (Å²) in [6.45, 7) is 4.22. The van der Waals surface area contributed by atoms with Gasteiger partial charge in [0.2, 0.25) is 0 Å². The van der Waals surface area contributed by atoms with E-state index in [1.54, 1.807) is 30.2 Å². The van der Waals surface area contributed by atoms with Gasteiger partial charge in [-0.2, -0.15) is 5.10 Å². The monoisotopic (exact) mass is 533 g/mol. The minimum Gasteiger partial charge on any atom is -1.00 e. The maximum atomic E-state index is 13.6. The number of rotatable bonds is 11. The average molecular weight is 534 g/mol. The van der Waals surface area contributed by atoms with E-state index in [1.165, 1.54) is 22.9 Å². The molecule has 0 aliphatic carbocycles. The molecule has 3 N–H and O–H groups in total. The minimum absolute atomic E-state index is 0. The molecular weight excluding hydrogens is 500 g/mol. The van der Waals surface area contributed by atoms with Crippen molar-refractivity contribution in [3.8, 4) is 5.69 Å². The molecule has 0 radical (unpaired) electrons. The Kier molecular flexibility index (Phi) is 11.9. The third kappa shape index (κ3) is 8.34. The van der Waals surface area contributed by atoms with Crippen molar-refractivity contribution < 1.29 is 60.3 Å². The number of benzene rings is 2. The van der Waals surface area contributed by atoms with Crippen molar-refractivity contribution >= 4 is 18.0 Å². The van der Waals surface area contributed by atoms with Gasteiger partial charge in [0.1, 0.15) is 5.82 Å². The molecule has 2 atom stereocenters. The van der Waals surface area contributed by atoms with Crippen LogP contribution in [0.3, 0.4) is 0 Å². The molecule has 3 rings (SSSR count). The molecule has 198 valence electrons. The van der Waals surface area contributed by atoms with Crippen molar-refractivity contribution in [1.29, 1.82) is 0 Å². The number of hydrogen-bond donors (Lipinski definition) is 3. The van der Waals surface area contributed by atoms with Gasteiger partial charge >= 0.3 is 35.5 Å². The van der Waals surface area contributed by atoms with Crippen molar-refractivity contribution in [3.05, 3.63) is 89.0 Å². The van der Waals surface area contributed by atoms with Crippen molar-refractivity contribution in [2.75, 3.05) is 7.05 Å². The molecule has 38 heavy (non-hydrogen) atoms. The Labute approximate surface area is 245 Å². The molecule has 0 aliphatic heterocycles. The van der Waals surface area contributed by atoms with Crippen molar-refractivity contribution in [2.45, 2.75) is 51.4 Å². The Morgan fingerprint density at radius 3 is 2.32 bits per heavy atom. The smallest absolute Gasteiger partial charge is 1.00 e. The Morgan fingerprint density at radius 1 is 1.11 bits per heavy atom. The predicted molar refractivity (Wildman–Crippen MR) is 139 cm³/mol. The molecule has 0 bridgehead atoms. The van der Waals surface area contributed by atoms with Crippen LogP contribution in [0.25, 0.3) is 11.8 Å². The summed E-state index contributed by atoms with van der Waals surface area (Å²) in [4.78, 5) is 25.9. The second-order valence-corrected chi connectivity index (χ2v) is 9.25. The molecule has 0 aliphatic rings. The second-order valence-electron chi connectivity index (χ2n) is 9.25. The van der Waals surface area contributed by atoms with E-state index in [2.05, 4.69) is 5.10 Å². The number of aliphatic hydroxyl groups excluding tert-OH is 2. The Morgan fingerprint density at radius 2 is 1.74 bits per heavy atom. The zero-order valence-corrected chi connectivity index (χ0v) is 24.1. The third-order valence-corrected chi connectivity index (χ3v) is 5.82. The van der Waals surface area contributed by atoms with Crippen LogP contribution in [0.15, 0.2) is 60.7 Å². The molecule has 1 aromatic heterocycles. The average Bonchev–Trinajstić information content (AvgIpc) is 3.22. The fourth-order valence-corrected chi connectivity index (χ4v) is 4.06. The van der Waals surface area contributed by atoms with Gasteiger partial charge in [0.05, 0.1) is 30.0 Å². The molecule has 2 aromatic carbocycles. The molecule has 0 unspecified atom stereocenters. The number of hydrogen-bond acceptors (Lipinski definition) is 5. The quantitative estimate of drug-likeness (QED) is 0.318. The molecule has 8 nitrogen and oxygen atoms in total. The summed E-state index contributed by atoms with van der Waals surface area (Å²) in [6.07, 6.45) is 0.0182. The van der Waals surface area contributed by atoms with Crippen LogP contribution in [-0.2, 0) is 11.3 Å². The summed E-state index contributed by atoms with van der Waals surface area (Å²) in [5, 5.41) is 33.7. The normalized spacial score (nSPS) is 12.8. The number of aromatic nitrogens is 2. The van der Waals surface area contributed by atoms with E-state index in [4.69, 9.17) is 5.11 Å². The van der Waals surface area contributed by atoms with Crippen LogP contribution < -0.4 is 29.6 Å². The zero-order valence-electron chi connectivity index (χ0n) is 23.1. The van der Waals surface area contributed by atoms with E-state index in [9.17, 15) is 24.2 Å². The van der Waals surface area contributed by atoms with Gasteiger partial charge in [-0.05, 0) is 41.8 Å². The van der Waals surface area contributed by atoms with E-state index >= 15 is 0 Å². The predicted octanol–water partition coefficient (Wildman–Crippen LogP) is 1.12. The SMILES string of the molecule is CC(C)c1c(C(=O)N(C)Cc2ccccc2)nn(-c2ccc(F)cc2)c1C=C[C@H](O)C[C@@H](O)CC(=O)O.[H-].[Na+]. The number of halogens is 1. The molecule has 1 amide bonds. The number of carboxylic acid groups (broad SMARTS) is 1. The summed E-state index contributed by atoms with van der Waals surface area (Å²) < 4.78 is 15.1. The topological polar surface area (TPSA) is 116 Å². The van der Waals surface area contributed by atoms with E-state index in [0.29, 0.717) is 23.5 Å². The first kappa shape index (κ1) is 31.4. The third-order valence-electron chi connectivity index (χ3n) is 5.82. The van der Waals surface area contributed by atoms with Gasteiger partial charge in [-0.25, -0.2) is 9.07 Å². The molecule has 0 spiro atoms. The van der Waals surface area contributed by atoms with Crippen LogP contribution in [0, 0.1) is 5.82 Å². The van der Waals surface area contributed by atoms with Gasteiger partial charge in [0.15, 0.2) is 5.69 Å². The molecule has 0 fully saturated rings. The number of aliphatic hydroxyl groups is 2. The molecular formula is C28H33FN3NaO5. The fourth-order valence-electron chi connectivity index (χ4n) is 4.06. The number of nitrogens with zero attached hydrogens (tertiary/aromatic N) is 3. The molecule has 10 heteroatoms. The maximum absolute atomic E-state index is 13.6. The van der Waals surface area contributed by atoms with Gasteiger partial charge in [-0.1, -0.05) is 50.3 Å². The minimum atomic E-state index is -1.22. The van der Waals surface area contributed by atoms with E-state index in [0.717, 1.165) is 5.56 Å². The second kappa shape index (κ2) is 14.4. The molecule has 1 heterocycles. The first-order valence-corrected chi connectivity index (χ1v) is 12.0. The number of amides is 1. The fraction of sp³-hybridized carbons (Fsp3) is 0.321. The van der Waals surface area contributed by atoms with Crippen LogP contribution in [-0.4, -0.2) is 61.1 Å². The van der Waals surface area contributed by atoms with Crippen molar-refractivity contribution in [3.63, 3.8) is 0 Å². The van der Waals surface area contributed by atoms with E-state index < -0.39 is 30.4 Å². The number of aliphatic carboxylic acids is 1. The van der Waals surface area contributed by atoms with Crippen molar-refractivity contribution in [2.24, 2.45) is 0 Å². The standard InChI is InChI=1S/C28H32FN3O5.Na.H/c1-18(2)26-24(14-13-22(33)15-23(34)16-25(35)36)32(21-11-9-20(29)10-12-21)30-27(26)28(37)31(3)17-19-7-5-4-6-8-19;;/h4-14,18,22-23,33-34H,15-17H2,1-3H3,(H,35,36);;/q;+1;-1/t22-,23+;;/m0../s1. The van der Waals surface area contributed by atoms with E-state index in [-0.39, 0.29) is 54.9 Å². The van der Waals surface area contributed by atoms with Crippen molar-refractivity contribution in [1.82, 2.24) is 14.7 Å².